The molecular weight excluding hydrogens is 453 g/mol. The zero-order chi connectivity index (χ0) is 22.2. The van der Waals surface area contributed by atoms with Gasteiger partial charge in [-0.2, -0.15) is 0 Å². The van der Waals surface area contributed by atoms with Crippen LogP contribution in [0.2, 0.25) is 5.02 Å². The fourth-order valence-electron chi connectivity index (χ4n) is 3.31. The van der Waals surface area contributed by atoms with Gasteiger partial charge in [-0.15, -0.1) is 0 Å². The third kappa shape index (κ3) is 3.87. The van der Waals surface area contributed by atoms with Crippen molar-refractivity contribution in [3.05, 3.63) is 71.4 Å². The zero-order valence-corrected chi connectivity index (χ0v) is 17.9. The molecule has 0 amide bonds. The fraction of sp³-hybridized carbons (Fsp3) is 0.0909. The van der Waals surface area contributed by atoms with Crippen molar-refractivity contribution in [1.82, 2.24) is 19.9 Å². The highest BCUT2D eigenvalue weighted by Gasteiger charge is 2.14. The Labute approximate surface area is 190 Å². The van der Waals surface area contributed by atoms with Crippen molar-refractivity contribution < 1.29 is 14.6 Å². The second-order valence-corrected chi connectivity index (χ2v) is 8.45. The van der Waals surface area contributed by atoms with Crippen LogP contribution in [0.3, 0.4) is 0 Å². The van der Waals surface area contributed by atoms with Gasteiger partial charge in [0.15, 0.2) is 5.13 Å². The first kappa shape index (κ1) is 20.7. The number of thiazole rings is 1. The average molecular weight is 468 g/mol. The van der Waals surface area contributed by atoms with E-state index in [4.69, 9.17) is 16.7 Å². The number of aliphatic hydroxyl groups is 2. The molecule has 0 aliphatic rings. The van der Waals surface area contributed by atoms with Crippen molar-refractivity contribution in [2.75, 3.05) is 11.9 Å². The van der Waals surface area contributed by atoms with Crippen molar-refractivity contribution in [3.63, 3.8) is 0 Å². The van der Waals surface area contributed by atoms with Crippen LogP contribution >= 0.6 is 22.9 Å². The summed E-state index contributed by atoms with van der Waals surface area (Å²) in [5.41, 5.74) is 3.09. The molecule has 0 radical (unpaired) electrons. The third-order valence-corrected chi connectivity index (χ3v) is 6.13. The molecule has 0 bridgehead atoms. The quantitative estimate of drug-likeness (QED) is 0.339. The molecular formula is C22H15ClFN5O2S. The van der Waals surface area contributed by atoms with Crippen molar-refractivity contribution >= 4 is 55.0 Å². The lowest BCUT2D eigenvalue weighted by Crippen LogP contribution is -2.03. The summed E-state index contributed by atoms with van der Waals surface area (Å²) < 4.78 is 14.2. The van der Waals surface area contributed by atoms with Crippen molar-refractivity contribution in [3.8, 4) is 11.3 Å². The molecule has 0 fully saturated rings. The summed E-state index contributed by atoms with van der Waals surface area (Å²) in [5.74, 6) is 0.264. The molecule has 3 N–H and O–H groups in total. The number of fused-ring (bicyclic) bond motifs is 2. The van der Waals surface area contributed by atoms with Gasteiger partial charge >= 0.3 is 0 Å². The van der Waals surface area contributed by atoms with E-state index < -0.39 is 12.7 Å². The lowest BCUT2D eigenvalue weighted by Gasteiger charge is -2.11. The minimum absolute atomic E-state index is 0.307. The number of rotatable bonds is 5. The number of pyridine rings is 1. The number of nitrogens with zero attached hydrogens (tertiary/aromatic N) is 4. The summed E-state index contributed by atoms with van der Waals surface area (Å²) in [6.45, 7) is -0.413. The average Bonchev–Trinajstić information content (AvgIpc) is 3.19. The van der Waals surface area contributed by atoms with Crippen LogP contribution in [0.15, 0.2) is 55.0 Å². The van der Waals surface area contributed by atoms with Gasteiger partial charge < -0.3 is 15.5 Å². The highest BCUT2D eigenvalue weighted by molar-refractivity contribution is 7.22. The monoisotopic (exact) mass is 467 g/mol. The minimum atomic E-state index is -1.04. The smallest absolute Gasteiger partial charge is 0.189 e. The number of hydrogen-bond acceptors (Lipinski definition) is 8. The van der Waals surface area contributed by atoms with Crippen molar-refractivity contribution in [2.45, 2.75) is 6.10 Å². The SMILES string of the molecule is OC[C@H](O)c1cnc(-c2ccc3c(Nc4nc5ccc(F)cc5s4)ncnc3c2)c(Cl)c1. The Bertz CT molecular complexity index is 1460. The summed E-state index contributed by atoms with van der Waals surface area (Å²) in [6, 6.07) is 11.6. The van der Waals surface area contributed by atoms with Gasteiger partial charge in [-0.1, -0.05) is 29.0 Å². The number of benzene rings is 2. The second-order valence-electron chi connectivity index (χ2n) is 7.01. The van der Waals surface area contributed by atoms with Crippen LogP contribution in [0.1, 0.15) is 11.7 Å². The van der Waals surface area contributed by atoms with Crippen LogP contribution < -0.4 is 5.32 Å². The Morgan fingerprint density at radius 2 is 1.94 bits per heavy atom. The van der Waals surface area contributed by atoms with E-state index >= 15 is 0 Å². The van der Waals surface area contributed by atoms with Crippen molar-refractivity contribution in [1.29, 1.82) is 0 Å². The number of aliphatic hydroxyl groups excluding tert-OH is 2. The fourth-order valence-corrected chi connectivity index (χ4v) is 4.48. The predicted molar refractivity (Wildman–Crippen MR) is 123 cm³/mol. The number of aromatic nitrogens is 4. The first-order valence-electron chi connectivity index (χ1n) is 9.54. The van der Waals surface area contributed by atoms with Crippen LogP contribution in [0.4, 0.5) is 15.3 Å². The highest BCUT2D eigenvalue weighted by atomic mass is 35.5. The zero-order valence-electron chi connectivity index (χ0n) is 16.3. The largest absolute Gasteiger partial charge is 0.393 e. The highest BCUT2D eigenvalue weighted by Crippen LogP contribution is 2.33. The van der Waals surface area contributed by atoms with Gasteiger partial charge in [0.2, 0.25) is 0 Å². The Morgan fingerprint density at radius 3 is 2.75 bits per heavy atom. The van der Waals surface area contributed by atoms with E-state index in [1.54, 1.807) is 12.1 Å². The van der Waals surface area contributed by atoms with Gasteiger partial charge in [-0.05, 0) is 36.4 Å². The Hall–Kier alpha value is -3.24. The van der Waals surface area contributed by atoms with Crippen LogP contribution in [0.25, 0.3) is 32.4 Å². The summed E-state index contributed by atoms with van der Waals surface area (Å²) in [6.07, 6.45) is 1.89. The Balaban J connectivity index is 1.49. The van der Waals surface area contributed by atoms with Crippen LogP contribution in [0, 0.1) is 5.82 Å². The number of nitrogens with one attached hydrogen (secondary N) is 1. The molecule has 0 aliphatic heterocycles. The number of halogens is 2. The van der Waals surface area contributed by atoms with Crippen LogP contribution in [-0.4, -0.2) is 36.8 Å². The summed E-state index contributed by atoms with van der Waals surface area (Å²) in [7, 11) is 0. The maximum atomic E-state index is 13.5. The van der Waals surface area contributed by atoms with Gasteiger partial charge in [-0.25, -0.2) is 19.3 Å². The molecule has 0 saturated heterocycles. The van der Waals surface area contributed by atoms with Gasteiger partial charge in [0, 0.05) is 22.7 Å². The molecule has 3 heterocycles. The molecule has 10 heteroatoms. The maximum Gasteiger partial charge on any atom is 0.189 e. The molecule has 0 aliphatic carbocycles. The molecule has 0 unspecified atom stereocenters. The standard InChI is InChI=1S/C22H15ClFN5O2S/c23-15-5-12(18(31)9-30)8-25-20(15)11-1-3-14-17(6-11)26-10-27-21(14)29-22-28-16-4-2-13(24)7-19(16)32-22/h1-8,10,18,30-31H,9H2,(H,26,27,28,29)/t18-/m0/s1. The molecule has 5 rings (SSSR count). The Kier molecular flexibility index (Phi) is 5.40. The number of hydrogen-bond donors (Lipinski definition) is 3. The van der Waals surface area contributed by atoms with E-state index in [9.17, 15) is 9.50 Å². The van der Waals surface area contributed by atoms with Gasteiger partial charge in [0.25, 0.3) is 0 Å². The van der Waals surface area contributed by atoms with E-state index in [-0.39, 0.29) is 5.82 Å². The van der Waals surface area contributed by atoms with E-state index in [1.807, 2.05) is 18.2 Å². The molecule has 3 aromatic heterocycles. The van der Waals surface area contributed by atoms with Gasteiger partial charge in [0.1, 0.15) is 24.1 Å². The molecule has 32 heavy (non-hydrogen) atoms. The lowest BCUT2D eigenvalue weighted by atomic mass is 10.1. The summed E-state index contributed by atoms with van der Waals surface area (Å²) >= 11 is 7.70. The predicted octanol–water partition coefficient (Wildman–Crippen LogP) is 4.86. The van der Waals surface area contributed by atoms with Crippen LogP contribution in [0.5, 0.6) is 0 Å². The lowest BCUT2D eigenvalue weighted by molar-refractivity contribution is 0.0954. The molecule has 1 atom stereocenters. The van der Waals surface area contributed by atoms with E-state index in [1.165, 1.54) is 36.0 Å². The van der Waals surface area contributed by atoms with E-state index in [0.29, 0.717) is 38.3 Å². The number of anilines is 2. The molecule has 5 aromatic rings. The molecule has 0 spiro atoms. The molecule has 2 aromatic carbocycles. The minimum Gasteiger partial charge on any atom is -0.393 e. The van der Waals surface area contributed by atoms with E-state index in [0.717, 1.165) is 15.6 Å². The second kappa shape index (κ2) is 8.36. The normalized spacial score (nSPS) is 12.4. The van der Waals surface area contributed by atoms with Crippen LogP contribution in [-0.2, 0) is 0 Å². The van der Waals surface area contributed by atoms with E-state index in [2.05, 4.69) is 25.3 Å². The van der Waals surface area contributed by atoms with Crippen molar-refractivity contribution in [2.24, 2.45) is 0 Å². The maximum absolute atomic E-state index is 13.5. The van der Waals surface area contributed by atoms with Gasteiger partial charge in [-0.3, -0.25) is 4.98 Å². The molecule has 0 saturated carbocycles. The summed E-state index contributed by atoms with van der Waals surface area (Å²) in [4.78, 5) is 17.5. The molecule has 160 valence electrons. The third-order valence-electron chi connectivity index (χ3n) is 4.91. The summed E-state index contributed by atoms with van der Waals surface area (Å²) in [5, 5.41) is 23.8. The first-order chi connectivity index (χ1) is 15.5. The first-order valence-corrected chi connectivity index (χ1v) is 10.7. The topological polar surface area (TPSA) is 104 Å². The Morgan fingerprint density at radius 1 is 1.06 bits per heavy atom. The molecule has 7 nitrogen and oxygen atoms in total. The van der Waals surface area contributed by atoms with Gasteiger partial charge in [0.05, 0.1) is 33.1 Å².